The first-order valence-electron chi connectivity index (χ1n) is 7.96. The van der Waals surface area contributed by atoms with Crippen molar-refractivity contribution in [2.24, 2.45) is 0 Å². The average molecular weight is 325 g/mol. The molecule has 2 unspecified atom stereocenters. The van der Waals surface area contributed by atoms with Crippen LogP contribution in [0.4, 0.5) is 0 Å². The fraction of sp³-hybridized carbons (Fsp3) is 0.353. The molecule has 0 amide bonds. The fourth-order valence-electron chi connectivity index (χ4n) is 3.34. The summed E-state index contributed by atoms with van der Waals surface area (Å²) in [6.07, 6.45) is 3.06. The van der Waals surface area contributed by atoms with Gasteiger partial charge in [0, 0.05) is 26.7 Å². The number of likely N-dealkylation sites (tertiary alicyclic amines) is 1. The summed E-state index contributed by atoms with van der Waals surface area (Å²) < 4.78 is 7.18. The first kappa shape index (κ1) is 15.0. The Bertz CT molecular complexity index is 889. The van der Waals surface area contributed by atoms with Crippen molar-refractivity contribution in [1.82, 2.24) is 24.5 Å². The molecular formula is C17H19N5O2. The first-order chi connectivity index (χ1) is 11.7. The van der Waals surface area contributed by atoms with Crippen LogP contribution < -0.4 is 5.56 Å². The lowest BCUT2D eigenvalue weighted by Crippen LogP contribution is -2.25. The van der Waals surface area contributed by atoms with Crippen LogP contribution in [0.15, 0.2) is 47.7 Å². The van der Waals surface area contributed by atoms with Crippen LogP contribution in [0.5, 0.6) is 0 Å². The number of aromatic amines is 1. The minimum absolute atomic E-state index is 0.00201. The first-order valence-corrected chi connectivity index (χ1v) is 7.96. The van der Waals surface area contributed by atoms with Gasteiger partial charge in [-0.3, -0.25) is 9.69 Å². The Morgan fingerprint density at radius 3 is 2.92 bits per heavy atom. The topological polar surface area (TPSA) is 75.5 Å². The van der Waals surface area contributed by atoms with E-state index in [2.05, 4.69) is 32.1 Å². The molecule has 0 aliphatic carbocycles. The van der Waals surface area contributed by atoms with Crippen LogP contribution >= 0.6 is 0 Å². The van der Waals surface area contributed by atoms with Crippen LogP contribution in [0, 0.1) is 0 Å². The van der Waals surface area contributed by atoms with E-state index in [1.807, 2.05) is 18.2 Å². The second-order valence-corrected chi connectivity index (χ2v) is 6.12. The van der Waals surface area contributed by atoms with Crippen molar-refractivity contribution in [2.45, 2.75) is 18.6 Å². The number of aromatic nitrogens is 4. The third kappa shape index (κ3) is 2.72. The predicted molar refractivity (Wildman–Crippen MR) is 88.9 cm³/mol. The Morgan fingerprint density at radius 2 is 2.12 bits per heavy atom. The summed E-state index contributed by atoms with van der Waals surface area (Å²) in [6.45, 7) is 2.45. The van der Waals surface area contributed by atoms with Crippen molar-refractivity contribution in [3.63, 3.8) is 0 Å². The zero-order valence-electron chi connectivity index (χ0n) is 13.4. The Balaban J connectivity index is 1.60. The molecule has 3 heterocycles. The van der Waals surface area contributed by atoms with Crippen molar-refractivity contribution in [1.29, 1.82) is 0 Å². The SMILES string of the molecule is COC1CN(Cc2ccccc2)CC1c1nn2cncc2c(=O)[nH]1. The lowest BCUT2D eigenvalue weighted by atomic mass is 10.1. The lowest BCUT2D eigenvalue weighted by molar-refractivity contribution is 0.0946. The number of H-pyrrole nitrogens is 1. The Morgan fingerprint density at radius 1 is 1.29 bits per heavy atom. The number of hydrogen-bond acceptors (Lipinski definition) is 5. The quantitative estimate of drug-likeness (QED) is 0.775. The molecule has 1 fully saturated rings. The normalized spacial score (nSPS) is 21.5. The molecule has 124 valence electrons. The zero-order chi connectivity index (χ0) is 16.5. The van der Waals surface area contributed by atoms with Crippen molar-refractivity contribution in [2.75, 3.05) is 20.2 Å². The highest BCUT2D eigenvalue weighted by Crippen LogP contribution is 2.28. The molecule has 7 nitrogen and oxygen atoms in total. The Hall–Kier alpha value is -2.51. The van der Waals surface area contributed by atoms with Crippen molar-refractivity contribution in [3.05, 3.63) is 64.6 Å². The van der Waals surface area contributed by atoms with Gasteiger partial charge in [-0.05, 0) is 5.56 Å². The van der Waals surface area contributed by atoms with E-state index in [1.54, 1.807) is 13.4 Å². The van der Waals surface area contributed by atoms with Crippen LogP contribution in [0.1, 0.15) is 17.3 Å². The monoisotopic (exact) mass is 325 g/mol. The van der Waals surface area contributed by atoms with Crippen molar-refractivity contribution >= 4 is 5.52 Å². The second-order valence-electron chi connectivity index (χ2n) is 6.12. The van der Waals surface area contributed by atoms with Crippen LogP contribution in [0.2, 0.25) is 0 Å². The van der Waals surface area contributed by atoms with Crippen LogP contribution in [0.3, 0.4) is 0 Å². The minimum Gasteiger partial charge on any atom is -0.379 e. The molecule has 0 radical (unpaired) electrons. The van der Waals surface area contributed by atoms with Crippen molar-refractivity contribution in [3.8, 4) is 0 Å². The summed E-state index contributed by atoms with van der Waals surface area (Å²) >= 11 is 0. The highest BCUT2D eigenvalue weighted by molar-refractivity contribution is 5.40. The van der Waals surface area contributed by atoms with Crippen LogP contribution in [0.25, 0.3) is 5.52 Å². The van der Waals surface area contributed by atoms with Crippen molar-refractivity contribution < 1.29 is 4.74 Å². The summed E-state index contributed by atoms with van der Waals surface area (Å²) in [6, 6.07) is 10.3. The molecule has 2 atom stereocenters. The zero-order valence-corrected chi connectivity index (χ0v) is 13.4. The number of ether oxygens (including phenoxy) is 1. The smallest absolute Gasteiger partial charge is 0.276 e. The number of hydrogen-bond donors (Lipinski definition) is 1. The maximum absolute atomic E-state index is 12.2. The van der Waals surface area contributed by atoms with Gasteiger partial charge in [-0.1, -0.05) is 30.3 Å². The molecule has 1 aromatic carbocycles. The van der Waals surface area contributed by atoms with Gasteiger partial charge in [0.1, 0.15) is 17.7 Å². The minimum atomic E-state index is -0.172. The number of rotatable bonds is 4. The molecule has 2 aromatic heterocycles. The largest absolute Gasteiger partial charge is 0.379 e. The number of imidazole rings is 1. The van der Waals surface area contributed by atoms with E-state index in [0.717, 1.165) is 19.6 Å². The lowest BCUT2D eigenvalue weighted by Gasteiger charge is -2.15. The molecule has 1 saturated heterocycles. The van der Waals surface area contributed by atoms with E-state index < -0.39 is 0 Å². The standard InChI is InChI=1S/C17H19N5O2/c1-24-15-10-21(8-12-5-3-2-4-6-12)9-13(15)16-19-17(23)14-7-18-11-22(14)20-16/h2-7,11,13,15H,8-10H2,1H3,(H,19,20,23). The van der Waals surface area contributed by atoms with Gasteiger partial charge in [0.15, 0.2) is 0 Å². The maximum atomic E-state index is 12.2. The van der Waals surface area contributed by atoms with E-state index in [1.165, 1.54) is 16.3 Å². The summed E-state index contributed by atoms with van der Waals surface area (Å²) in [4.78, 5) is 21.4. The van der Waals surface area contributed by atoms with Gasteiger partial charge in [-0.2, -0.15) is 5.10 Å². The molecule has 4 rings (SSSR count). The number of nitrogens with one attached hydrogen (secondary N) is 1. The summed E-state index contributed by atoms with van der Waals surface area (Å²) in [7, 11) is 1.71. The molecule has 1 N–H and O–H groups in total. The molecule has 3 aromatic rings. The summed E-state index contributed by atoms with van der Waals surface area (Å²) in [5, 5.41) is 4.51. The Kier molecular flexibility index (Phi) is 3.87. The molecule has 0 bridgehead atoms. The highest BCUT2D eigenvalue weighted by atomic mass is 16.5. The van der Waals surface area contributed by atoms with Gasteiger partial charge in [0.25, 0.3) is 5.56 Å². The molecule has 1 aliphatic heterocycles. The van der Waals surface area contributed by atoms with Crippen LogP contribution in [-0.4, -0.2) is 50.8 Å². The third-order valence-corrected chi connectivity index (χ3v) is 4.55. The number of fused-ring (bicyclic) bond motifs is 1. The number of nitrogens with zero attached hydrogens (tertiary/aromatic N) is 4. The molecular weight excluding hydrogens is 306 g/mol. The van der Waals surface area contributed by atoms with E-state index >= 15 is 0 Å². The van der Waals surface area contributed by atoms with E-state index in [9.17, 15) is 4.79 Å². The summed E-state index contributed by atoms with van der Waals surface area (Å²) in [5.74, 6) is 0.672. The molecule has 0 saturated carbocycles. The van der Waals surface area contributed by atoms with Gasteiger partial charge in [0.2, 0.25) is 0 Å². The van der Waals surface area contributed by atoms with Gasteiger partial charge in [-0.15, -0.1) is 0 Å². The predicted octanol–water partition coefficient (Wildman–Crippen LogP) is 1.03. The average Bonchev–Trinajstić information content (AvgIpc) is 3.22. The Labute approximate surface area is 138 Å². The number of methoxy groups -OCH3 is 1. The van der Waals surface area contributed by atoms with Gasteiger partial charge in [0.05, 0.1) is 18.2 Å². The van der Waals surface area contributed by atoms with E-state index in [0.29, 0.717) is 11.3 Å². The summed E-state index contributed by atoms with van der Waals surface area (Å²) in [5.41, 5.74) is 1.54. The highest BCUT2D eigenvalue weighted by Gasteiger charge is 2.36. The number of benzene rings is 1. The van der Waals surface area contributed by atoms with Crippen LogP contribution in [-0.2, 0) is 11.3 Å². The third-order valence-electron chi connectivity index (χ3n) is 4.55. The van der Waals surface area contributed by atoms with E-state index in [-0.39, 0.29) is 17.6 Å². The molecule has 24 heavy (non-hydrogen) atoms. The molecule has 1 aliphatic rings. The molecule has 0 spiro atoms. The van der Waals surface area contributed by atoms with Gasteiger partial charge >= 0.3 is 0 Å². The fourth-order valence-corrected chi connectivity index (χ4v) is 3.34. The molecule has 7 heteroatoms. The van der Waals surface area contributed by atoms with E-state index in [4.69, 9.17) is 4.74 Å². The van der Waals surface area contributed by atoms with Gasteiger partial charge < -0.3 is 9.72 Å². The second kappa shape index (κ2) is 6.18. The maximum Gasteiger partial charge on any atom is 0.276 e. The van der Waals surface area contributed by atoms with Gasteiger partial charge in [-0.25, -0.2) is 9.50 Å².